The minimum absolute atomic E-state index is 0.0872. The molecule has 0 aromatic heterocycles. The predicted octanol–water partition coefficient (Wildman–Crippen LogP) is 2.58. The predicted molar refractivity (Wildman–Crippen MR) is 64.6 cm³/mol. The fraction of sp³-hybridized carbons (Fsp3) is 0.182. The van der Waals surface area contributed by atoms with Gasteiger partial charge in [0.25, 0.3) is 0 Å². The Labute approximate surface area is 97.3 Å². The first-order chi connectivity index (χ1) is 7.26. The Balaban J connectivity index is 2.65. The molecule has 80 valence electrons. The topological polar surface area (TPSA) is 38.3 Å². The van der Waals surface area contributed by atoms with Gasteiger partial charge in [0.2, 0.25) is 5.91 Å². The average Bonchev–Trinajstić information content (AvgIpc) is 2.26. The molecule has 1 N–H and O–H groups in total. The van der Waals surface area contributed by atoms with Gasteiger partial charge in [0.1, 0.15) is 12.4 Å². The quantitative estimate of drug-likeness (QED) is 0.659. The molecule has 0 unspecified atom stereocenters. The third-order valence-electron chi connectivity index (χ3n) is 1.61. The van der Waals surface area contributed by atoms with Crippen LogP contribution in [0.4, 0.5) is 5.69 Å². The van der Waals surface area contributed by atoms with E-state index in [1.54, 1.807) is 18.2 Å². The highest BCUT2D eigenvalue weighted by atomic mass is 79.9. The van der Waals surface area contributed by atoms with Gasteiger partial charge in [0, 0.05) is 11.8 Å². The zero-order valence-corrected chi connectivity index (χ0v) is 9.79. The minimum atomic E-state index is -0.0872. The molecule has 0 aliphatic carbocycles. The highest BCUT2D eigenvalue weighted by Crippen LogP contribution is 2.17. The van der Waals surface area contributed by atoms with E-state index >= 15 is 0 Å². The van der Waals surface area contributed by atoms with Crippen LogP contribution in [0.1, 0.15) is 0 Å². The molecule has 0 aliphatic rings. The van der Waals surface area contributed by atoms with Crippen molar-refractivity contribution in [3.8, 4) is 5.75 Å². The van der Waals surface area contributed by atoms with E-state index in [2.05, 4.69) is 27.8 Å². The molecule has 0 saturated heterocycles. The summed E-state index contributed by atoms with van der Waals surface area (Å²) >= 11 is 3.08. The number of halogens is 1. The summed E-state index contributed by atoms with van der Waals surface area (Å²) in [6.07, 6.45) is 1.67. The Morgan fingerprint density at radius 2 is 2.40 bits per heavy atom. The zero-order chi connectivity index (χ0) is 11.1. The molecule has 4 heteroatoms. The summed E-state index contributed by atoms with van der Waals surface area (Å²) in [6, 6.07) is 7.22. The van der Waals surface area contributed by atoms with Gasteiger partial charge in [-0.2, -0.15) is 0 Å². The van der Waals surface area contributed by atoms with Gasteiger partial charge in [0.05, 0.1) is 5.33 Å². The zero-order valence-electron chi connectivity index (χ0n) is 8.20. The molecule has 0 spiro atoms. The number of nitrogens with one attached hydrogen (secondary N) is 1. The lowest BCUT2D eigenvalue weighted by Crippen LogP contribution is -2.12. The van der Waals surface area contributed by atoms with Crippen molar-refractivity contribution in [3.05, 3.63) is 36.9 Å². The van der Waals surface area contributed by atoms with E-state index in [4.69, 9.17) is 4.74 Å². The number of hydrogen-bond donors (Lipinski definition) is 1. The fourth-order valence-corrected chi connectivity index (χ4v) is 1.15. The second-order valence-electron chi connectivity index (χ2n) is 2.81. The van der Waals surface area contributed by atoms with Crippen molar-refractivity contribution in [2.24, 2.45) is 0 Å². The summed E-state index contributed by atoms with van der Waals surface area (Å²) in [6.45, 7) is 4.01. The van der Waals surface area contributed by atoms with E-state index in [0.717, 1.165) is 5.69 Å². The smallest absolute Gasteiger partial charge is 0.235 e. The Bertz CT molecular complexity index is 352. The molecule has 1 rings (SSSR count). The molecule has 0 radical (unpaired) electrons. The van der Waals surface area contributed by atoms with Crippen LogP contribution >= 0.6 is 15.9 Å². The highest BCUT2D eigenvalue weighted by Gasteiger charge is 2.00. The van der Waals surface area contributed by atoms with Gasteiger partial charge in [-0.15, -0.1) is 0 Å². The maximum Gasteiger partial charge on any atom is 0.235 e. The maximum atomic E-state index is 11.1. The molecule has 1 aromatic carbocycles. The van der Waals surface area contributed by atoms with Gasteiger partial charge in [-0.05, 0) is 12.1 Å². The number of carbonyl (C=O) groups excluding carboxylic acids is 1. The van der Waals surface area contributed by atoms with Crippen molar-refractivity contribution in [2.45, 2.75) is 0 Å². The van der Waals surface area contributed by atoms with E-state index in [1.165, 1.54) is 0 Å². The van der Waals surface area contributed by atoms with Gasteiger partial charge >= 0.3 is 0 Å². The number of hydrogen-bond acceptors (Lipinski definition) is 2. The molecule has 0 aliphatic heterocycles. The molecule has 1 aromatic rings. The Morgan fingerprint density at radius 3 is 3.07 bits per heavy atom. The summed E-state index contributed by atoms with van der Waals surface area (Å²) in [5, 5.41) is 3.00. The van der Waals surface area contributed by atoms with Crippen LogP contribution in [0.25, 0.3) is 0 Å². The minimum Gasteiger partial charge on any atom is -0.489 e. The van der Waals surface area contributed by atoms with Crippen molar-refractivity contribution in [3.63, 3.8) is 0 Å². The van der Waals surface area contributed by atoms with E-state index in [-0.39, 0.29) is 11.2 Å². The Kier molecular flexibility index (Phi) is 4.90. The summed E-state index contributed by atoms with van der Waals surface area (Å²) in [5.74, 6) is 0.623. The molecular weight excluding hydrogens is 258 g/mol. The monoisotopic (exact) mass is 269 g/mol. The number of carbonyl (C=O) groups is 1. The average molecular weight is 270 g/mol. The number of benzene rings is 1. The van der Waals surface area contributed by atoms with Gasteiger partial charge in [-0.1, -0.05) is 34.7 Å². The van der Waals surface area contributed by atoms with Crippen LogP contribution in [-0.2, 0) is 4.79 Å². The van der Waals surface area contributed by atoms with Gasteiger partial charge < -0.3 is 10.1 Å². The normalized spacial score (nSPS) is 9.40. The third-order valence-corrected chi connectivity index (χ3v) is 2.12. The molecule has 0 fully saturated rings. The van der Waals surface area contributed by atoms with E-state index < -0.39 is 0 Å². The van der Waals surface area contributed by atoms with Crippen molar-refractivity contribution >= 4 is 27.5 Å². The van der Waals surface area contributed by atoms with E-state index in [1.807, 2.05) is 12.1 Å². The van der Waals surface area contributed by atoms with Crippen LogP contribution in [0.15, 0.2) is 36.9 Å². The van der Waals surface area contributed by atoms with Crippen molar-refractivity contribution in [1.29, 1.82) is 0 Å². The summed E-state index contributed by atoms with van der Waals surface area (Å²) in [7, 11) is 0. The molecule has 1 amide bonds. The fourth-order valence-electron chi connectivity index (χ4n) is 1.01. The Hall–Kier alpha value is -1.29. The molecule has 0 heterocycles. The second kappa shape index (κ2) is 6.24. The van der Waals surface area contributed by atoms with Crippen LogP contribution in [0, 0.1) is 0 Å². The van der Waals surface area contributed by atoms with Crippen LogP contribution in [0.5, 0.6) is 5.75 Å². The van der Waals surface area contributed by atoms with E-state index in [9.17, 15) is 4.79 Å². The number of amides is 1. The molecule has 0 saturated carbocycles. The van der Waals surface area contributed by atoms with Crippen molar-refractivity contribution in [1.82, 2.24) is 0 Å². The van der Waals surface area contributed by atoms with Crippen molar-refractivity contribution < 1.29 is 9.53 Å². The first kappa shape index (κ1) is 11.8. The standard InChI is InChI=1S/C11H12BrNO2/c1-2-6-15-10-5-3-4-9(7-10)13-11(14)8-12/h2-5,7H,1,6,8H2,(H,13,14). The molecule has 15 heavy (non-hydrogen) atoms. The molecular formula is C11H12BrNO2. The number of ether oxygens (including phenoxy) is 1. The van der Waals surface area contributed by atoms with Crippen LogP contribution < -0.4 is 10.1 Å². The largest absolute Gasteiger partial charge is 0.489 e. The van der Waals surface area contributed by atoms with Crippen LogP contribution in [-0.4, -0.2) is 17.8 Å². The number of anilines is 1. The van der Waals surface area contributed by atoms with Crippen molar-refractivity contribution in [2.75, 3.05) is 17.3 Å². The summed E-state index contributed by atoms with van der Waals surface area (Å²) < 4.78 is 5.33. The summed E-state index contributed by atoms with van der Waals surface area (Å²) in [5.41, 5.74) is 0.723. The summed E-state index contributed by atoms with van der Waals surface area (Å²) in [4.78, 5) is 11.1. The van der Waals surface area contributed by atoms with Crippen LogP contribution in [0.2, 0.25) is 0 Å². The third kappa shape index (κ3) is 4.16. The lowest BCUT2D eigenvalue weighted by atomic mass is 10.3. The molecule has 0 bridgehead atoms. The first-order valence-corrected chi connectivity index (χ1v) is 5.58. The lowest BCUT2D eigenvalue weighted by Gasteiger charge is -2.06. The maximum absolute atomic E-state index is 11.1. The Morgan fingerprint density at radius 1 is 1.60 bits per heavy atom. The lowest BCUT2D eigenvalue weighted by molar-refractivity contribution is -0.113. The van der Waals surface area contributed by atoms with E-state index in [0.29, 0.717) is 12.4 Å². The molecule has 0 atom stereocenters. The SMILES string of the molecule is C=CCOc1cccc(NC(=O)CBr)c1. The number of rotatable bonds is 5. The first-order valence-electron chi connectivity index (χ1n) is 4.46. The second-order valence-corrected chi connectivity index (χ2v) is 3.37. The highest BCUT2D eigenvalue weighted by molar-refractivity contribution is 9.09. The van der Waals surface area contributed by atoms with Gasteiger partial charge in [-0.25, -0.2) is 0 Å². The van der Waals surface area contributed by atoms with Gasteiger partial charge in [-0.3, -0.25) is 4.79 Å². The van der Waals surface area contributed by atoms with Crippen LogP contribution in [0.3, 0.4) is 0 Å². The van der Waals surface area contributed by atoms with Gasteiger partial charge in [0.15, 0.2) is 0 Å². The number of alkyl halides is 1. The molecule has 3 nitrogen and oxygen atoms in total.